The summed E-state index contributed by atoms with van der Waals surface area (Å²) in [5, 5.41) is 12.3. The number of aromatic nitrogens is 2. The van der Waals surface area contributed by atoms with E-state index in [0.29, 0.717) is 31.1 Å². The summed E-state index contributed by atoms with van der Waals surface area (Å²) >= 11 is 5.09. The first-order valence-corrected chi connectivity index (χ1v) is 11.3. The number of hydrogen-bond acceptors (Lipinski definition) is 7. The first-order chi connectivity index (χ1) is 14.6. The molecule has 3 aromatic rings. The molecule has 0 unspecified atom stereocenters. The number of halogens is 1. The minimum Gasteiger partial charge on any atom is -0.395 e. The van der Waals surface area contributed by atoms with Crippen molar-refractivity contribution >= 4 is 44.8 Å². The predicted octanol–water partition coefficient (Wildman–Crippen LogP) is 3.46. The Kier molecular flexibility index (Phi) is 6.73. The Balaban J connectivity index is 1.44. The molecule has 1 saturated heterocycles. The van der Waals surface area contributed by atoms with Gasteiger partial charge in [0.25, 0.3) is 5.91 Å². The molecule has 2 N–H and O–H groups in total. The summed E-state index contributed by atoms with van der Waals surface area (Å²) in [7, 11) is 0. The smallest absolute Gasteiger partial charge is 0.254 e. The molecular weight excluding hydrogens is 466 g/mol. The van der Waals surface area contributed by atoms with Crippen LogP contribution in [0.2, 0.25) is 0 Å². The van der Waals surface area contributed by atoms with E-state index in [1.807, 2.05) is 47.4 Å². The zero-order valence-electron chi connectivity index (χ0n) is 16.3. The number of hydrogen-bond donors (Lipinski definition) is 2. The van der Waals surface area contributed by atoms with Crippen molar-refractivity contribution in [3.05, 3.63) is 58.0 Å². The number of carbonyl (C=O) groups is 1. The molecular formula is C21H22BrN5O2S. The van der Waals surface area contributed by atoms with E-state index in [4.69, 9.17) is 5.11 Å². The maximum absolute atomic E-state index is 12.9. The van der Waals surface area contributed by atoms with E-state index < -0.39 is 0 Å². The number of nitrogens with one attached hydrogen (secondary N) is 1. The molecule has 9 heteroatoms. The topological polar surface area (TPSA) is 81.6 Å². The van der Waals surface area contributed by atoms with Gasteiger partial charge in [-0.3, -0.25) is 9.69 Å². The molecule has 0 aliphatic carbocycles. The maximum Gasteiger partial charge on any atom is 0.254 e. The summed E-state index contributed by atoms with van der Waals surface area (Å²) in [4.78, 5) is 26.9. The van der Waals surface area contributed by atoms with Crippen molar-refractivity contribution in [1.82, 2.24) is 19.8 Å². The van der Waals surface area contributed by atoms with Gasteiger partial charge in [0.1, 0.15) is 0 Å². The van der Waals surface area contributed by atoms with Crippen LogP contribution in [0.4, 0.5) is 11.6 Å². The largest absolute Gasteiger partial charge is 0.395 e. The van der Waals surface area contributed by atoms with Crippen LogP contribution >= 0.6 is 27.3 Å². The molecule has 2 aromatic heterocycles. The van der Waals surface area contributed by atoms with E-state index in [9.17, 15) is 4.79 Å². The normalized spacial score (nSPS) is 14.7. The summed E-state index contributed by atoms with van der Waals surface area (Å²) < 4.78 is 1.05. The Bertz CT molecular complexity index is 1020. The van der Waals surface area contributed by atoms with Gasteiger partial charge in [0.05, 0.1) is 21.0 Å². The summed E-state index contributed by atoms with van der Waals surface area (Å²) in [6, 6.07) is 13.3. The second-order valence-electron chi connectivity index (χ2n) is 6.93. The molecule has 0 bridgehead atoms. The Morgan fingerprint density at radius 2 is 2.00 bits per heavy atom. The van der Waals surface area contributed by atoms with E-state index in [-0.39, 0.29) is 12.5 Å². The molecule has 0 atom stereocenters. The first kappa shape index (κ1) is 20.9. The summed E-state index contributed by atoms with van der Waals surface area (Å²) in [6.07, 6.45) is 1.72. The first-order valence-electron chi connectivity index (χ1n) is 9.71. The van der Waals surface area contributed by atoms with Crippen LogP contribution in [0, 0.1) is 0 Å². The third-order valence-corrected chi connectivity index (χ3v) is 6.57. The standard InChI is InChI=1S/C21H22BrN5O2S/c22-19-5-4-18(30-19)17-6-7-23-21(25-17)24-16-3-1-2-15(14-16)20(29)27-10-8-26(9-11-27)12-13-28/h1-7,14,28H,8-13H2,(H,23,24,25). The highest BCUT2D eigenvalue weighted by molar-refractivity contribution is 9.11. The van der Waals surface area contributed by atoms with Crippen LogP contribution in [0.15, 0.2) is 52.4 Å². The maximum atomic E-state index is 12.9. The third-order valence-electron chi connectivity index (χ3n) is 4.92. The number of β-amino-alcohol motifs (C(OH)–C–C–N with tert-alkyl or cyclic N) is 1. The van der Waals surface area contributed by atoms with Crippen LogP contribution in [0.25, 0.3) is 10.6 Å². The summed E-state index contributed by atoms with van der Waals surface area (Å²) in [5.74, 6) is 0.500. The Hall–Kier alpha value is -2.33. The van der Waals surface area contributed by atoms with Gasteiger partial charge in [-0.15, -0.1) is 11.3 Å². The number of aliphatic hydroxyl groups is 1. The molecule has 1 amide bonds. The lowest BCUT2D eigenvalue weighted by molar-refractivity contribution is 0.0615. The van der Waals surface area contributed by atoms with Crippen molar-refractivity contribution in [3.63, 3.8) is 0 Å². The molecule has 30 heavy (non-hydrogen) atoms. The van der Waals surface area contributed by atoms with Crippen molar-refractivity contribution in [3.8, 4) is 10.6 Å². The fourth-order valence-corrected chi connectivity index (χ4v) is 4.72. The Morgan fingerprint density at radius 1 is 1.17 bits per heavy atom. The Labute approximate surface area is 187 Å². The van der Waals surface area contributed by atoms with Crippen molar-refractivity contribution in [1.29, 1.82) is 0 Å². The van der Waals surface area contributed by atoms with E-state index in [0.717, 1.165) is 33.1 Å². The average molecular weight is 488 g/mol. The van der Waals surface area contributed by atoms with Crippen LogP contribution in [0.5, 0.6) is 0 Å². The molecule has 7 nitrogen and oxygen atoms in total. The third kappa shape index (κ3) is 5.04. The summed E-state index contributed by atoms with van der Waals surface area (Å²) in [6.45, 7) is 3.70. The Morgan fingerprint density at radius 3 is 2.73 bits per heavy atom. The molecule has 4 rings (SSSR count). The van der Waals surface area contributed by atoms with Crippen molar-refractivity contribution in [2.45, 2.75) is 0 Å². The van der Waals surface area contributed by atoms with Gasteiger partial charge in [-0.2, -0.15) is 0 Å². The zero-order chi connectivity index (χ0) is 20.9. The minimum atomic E-state index is 0.0143. The van der Waals surface area contributed by atoms with Crippen LogP contribution in [0.3, 0.4) is 0 Å². The van der Waals surface area contributed by atoms with Crippen molar-refractivity contribution in [2.75, 3.05) is 44.6 Å². The molecule has 1 fully saturated rings. The number of nitrogens with zero attached hydrogens (tertiary/aromatic N) is 4. The number of benzene rings is 1. The lowest BCUT2D eigenvalue weighted by Crippen LogP contribution is -2.49. The average Bonchev–Trinajstić information content (AvgIpc) is 3.21. The summed E-state index contributed by atoms with van der Waals surface area (Å²) in [5.41, 5.74) is 2.24. The van der Waals surface area contributed by atoms with E-state index in [2.05, 4.69) is 36.1 Å². The number of carbonyl (C=O) groups excluding carboxylic acids is 1. The van der Waals surface area contributed by atoms with Gasteiger partial charge in [0.2, 0.25) is 5.95 Å². The molecule has 1 aromatic carbocycles. The van der Waals surface area contributed by atoms with Gasteiger partial charge in [-0.25, -0.2) is 9.97 Å². The van der Waals surface area contributed by atoms with E-state index in [1.54, 1.807) is 17.5 Å². The van der Waals surface area contributed by atoms with Gasteiger partial charge < -0.3 is 15.3 Å². The van der Waals surface area contributed by atoms with Gasteiger partial charge in [0, 0.05) is 50.2 Å². The number of anilines is 2. The monoisotopic (exact) mass is 487 g/mol. The second-order valence-corrected chi connectivity index (χ2v) is 9.40. The molecule has 1 aliphatic heterocycles. The molecule has 0 spiro atoms. The molecule has 156 valence electrons. The predicted molar refractivity (Wildman–Crippen MR) is 122 cm³/mol. The number of thiophene rings is 1. The van der Waals surface area contributed by atoms with Crippen LogP contribution in [0.1, 0.15) is 10.4 Å². The highest BCUT2D eigenvalue weighted by Crippen LogP contribution is 2.30. The lowest BCUT2D eigenvalue weighted by Gasteiger charge is -2.34. The number of piperazine rings is 1. The lowest BCUT2D eigenvalue weighted by atomic mass is 10.1. The number of amides is 1. The van der Waals surface area contributed by atoms with Gasteiger partial charge in [-0.05, 0) is 52.3 Å². The second kappa shape index (κ2) is 9.65. The molecule has 1 aliphatic rings. The SMILES string of the molecule is O=C(c1cccc(Nc2nccc(-c3ccc(Br)s3)n2)c1)N1CCN(CCO)CC1. The molecule has 0 saturated carbocycles. The zero-order valence-corrected chi connectivity index (χ0v) is 18.7. The fraction of sp³-hybridized carbons (Fsp3) is 0.286. The number of aliphatic hydroxyl groups excluding tert-OH is 1. The van der Waals surface area contributed by atoms with E-state index in [1.165, 1.54) is 0 Å². The van der Waals surface area contributed by atoms with Crippen LogP contribution < -0.4 is 5.32 Å². The highest BCUT2D eigenvalue weighted by Gasteiger charge is 2.22. The van der Waals surface area contributed by atoms with Crippen LogP contribution in [-0.2, 0) is 0 Å². The van der Waals surface area contributed by atoms with Gasteiger partial charge in [-0.1, -0.05) is 6.07 Å². The number of rotatable bonds is 6. The van der Waals surface area contributed by atoms with Crippen molar-refractivity contribution < 1.29 is 9.90 Å². The quantitative estimate of drug-likeness (QED) is 0.553. The van der Waals surface area contributed by atoms with Crippen LogP contribution in [-0.4, -0.2) is 70.1 Å². The molecule has 3 heterocycles. The van der Waals surface area contributed by atoms with Crippen molar-refractivity contribution in [2.24, 2.45) is 0 Å². The molecule has 0 radical (unpaired) electrons. The highest BCUT2D eigenvalue weighted by atomic mass is 79.9. The minimum absolute atomic E-state index is 0.0143. The van der Waals surface area contributed by atoms with Gasteiger partial charge in [0.15, 0.2) is 0 Å². The fourth-order valence-electron chi connectivity index (χ4n) is 3.37. The van der Waals surface area contributed by atoms with E-state index >= 15 is 0 Å². The van der Waals surface area contributed by atoms with Gasteiger partial charge >= 0.3 is 0 Å².